The van der Waals surface area contributed by atoms with Crippen molar-refractivity contribution in [3.63, 3.8) is 0 Å². The Labute approximate surface area is 407 Å². The number of amides is 8. The maximum atomic E-state index is 14.1. The van der Waals surface area contributed by atoms with Gasteiger partial charge in [-0.05, 0) is 92.8 Å². The molecule has 1 unspecified atom stereocenters. The Bertz CT molecular complexity index is 1960. The maximum absolute atomic E-state index is 14.1. The van der Waals surface area contributed by atoms with Crippen LogP contribution in [0, 0.1) is 11.8 Å². The minimum atomic E-state index is -1.76. The number of primary amides is 1. The predicted molar refractivity (Wildman–Crippen MR) is 256 cm³/mol. The summed E-state index contributed by atoms with van der Waals surface area (Å²) in [4.78, 5) is 123. The fraction of sp³-hybridized carbons (Fsp3) is 0.644. The van der Waals surface area contributed by atoms with Gasteiger partial charge in [-0.2, -0.15) is 12.6 Å². The Morgan fingerprint density at radius 1 is 0.838 bits per heavy atom. The van der Waals surface area contributed by atoms with E-state index in [1.54, 1.807) is 26.0 Å². The average Bonchev–Trinajstić information content (AvgIpc) is 3.80. The first kappa shape index (κ1) is 56.9. The molecule has 3 rings (SSSR count). The summed E-state index contributed by atoms with van der Waals surface area (Å²) in [6, 6.07) is -3.33. The van der Waals surface area contributed by atoms with Crippen molar-refractivity contribution >= 4 is 82.9 Å². The molecule has 2 fully saturated rings. The van der Waals surface area contributed by atoms with Crippen LogP contribution in [-0.4, -0.2) is 148 Å². The van der Waals surface area contributed by atoms with Gasteiger partial charge in [-0.25, -0.2) is 4.79 Å². The molecule has 0 aromatic heterocycles. The smallest absolute Gasteiger partial charge is 0.328 e. The quantitative estimate of drug-likeness (QED) is 0.0299. The van der Waals surface area contributed by atoms with Gasteiger partial charge in [0.25, 0.3) is 0 Å². The van der Waals surface area contributed by atoms with Gasteiger partial charge in [-0.1, -0.05) is 51.0 Å². The second-order valence-corrected chi connectivity index (χ2v) is 18.3. The maximum Gasteiger partial charge on any atom is 0.328 e. The highest BCUT2D eigenvalue weighted by atomic mass is 32.1. The first-order valence-electron chi connectivity index (χ1n) is 23.0. The molecule has 8 amide bonds. The number of carbonyl (C=O) groups excluding carboxylic acids is 9. The zero-order chi connectivity index (χ0) is 50.7. The number of rotatable bonds is 26. The van der Waals surface area contributed by atoms with Crippen LogP contribution in [0.2, 0.25) is 0 Å². The minimum absolute atomic E-state index is 0.00468. The number of likely N-dealkylation sites (tertiary alicyclic amines) is 1. The first-order chi connectivity index (χ1) is 32.2. The van der Waals surface area contributed by atoms with Crippen LogP contribution in [0.15, 0.2) is 24.3 Å². The third-order valence-electron chi connectivity index (χ3n) is 12.2. The highest BCUT2D eigenvalue weighted by molar-refractivity contribution is 7.80. The van der Waals surface area contributed by atoms with Gasteiger partial charge in [0.2, 0.25) is 47.3 Å². The number of nitrogens with two attached hydrogens (primary N) is 2. The molecular formula is C45H69N9O12S2. The lowest BCUT2D eigenvalue weighted by Gasteiger charge is -2.31. The zero-order valence-electron chi connectivity index (χ0n) is 39.1. The van der Waals surface area contributed by atoms with E-state index in [0.29, 0.717) is 24.8 Å². The van der Waals surface area contributed by atoms with E-state index < -0.39 is 114 Å². The van der Waals surface area contributed by atoms with Gasteiger partial charge < -0.3 is 63.2 Å². The number of methoxy groups -OCH3 is 1. The minimum Gasteiger partial charge on any atom is -0.508 e. The predicted octanol–water partition coefficient (Wildman–Crippen LogP) is -1.07. The van der Waals surface area contributed by atoms with Crippen LogP contribution < -0.4 is 43.4 Å². The van der Waals surface area contributed by atoms with E-state index in [-0.39, 0.29) is 56.2 Å². The van der Waals surface area contributed by atoms with E-state index >= 15 is 0 Å². The number of aliphatic hydroxyl groups excluding tert-OH is 1. The second kappa shape index (κ2) is 28.2. The lowest BCUT2D eigenvalue weighted by atomic mass is 9.86. The topological polar surface area (TPSA) is 331 Å². The summed E-state index contributed by atoms with van der Waals surface area (Å²) in [6.45, 7) is 5.01. The van der Waals surface area contributed by atoms with Crippen molar-refractivity contribution < 1.29 is 58.1 Å². The molecule has 0 bridgehead atoms. The lowest BCUT2D eigenvalue weighted by molar-refractivity contribution is -0.147. The number of aromatic hydroxyl groups is 1. The van der Waals surface area contributed by atoms with Crippen LogP contribution in [0.4, 0.5) is 0 Å². The number of thiocarbonyl (C=S) groups is 1. The van der Waals surface area contributed by atoms with Crippen molar-refractivity contribution in [1.82, 2.24) is 36.8 Å². The molecule has 2 aliphatic rings. The van der Waals surface area contributed by atoms with Gasteiger partial charge in [0.15, 0.2) is 0 Å². The summed E-state index contributed by atoms with van der Waals surface area (Å²) in [5.41, 5.74) is 11.6. The third kappa shape index (κ3) is 17.3. The van der Waals surface area contributed by atoms with Gasteiger partial charge in [-0.3, -0.25) is 38.4 Å². The zero-order valence-corrected chi connectivity index (χ0v) is 40.8. The Morgan fingerprint density at radius 3 is 2.06 bits per heavy atom. The number of aliphatic hydroxyl groups is 1. The number of hydrogen-bond donors (Lipinski definition) is 11. The molecule has 1 aromatic rings. The van der Waals surface area contributed by atoms with Crippen molar-refractivity contribution in [1.29, 1.82) is 0 Å². The van der Waals surface area contributed by atoms with E-state index in [1.807, 2.05) is 0 Å². The largest absolute Gasteiger partial charge is 0.508 e. The van der Waals surface area contributed by atoms with Crippen LogP contribution in [0.1, 0.15) is 97.0 Å². The summed E-state index contributed by atoms with van der Waals surface area (Å²) in [5, 5.41) is 36.0. The van der Waals surface area contributed by atoms with E-state index in [4.69, 9.17) is 28.4 Å². The number of nitrogens with zero attached hydrogens (tertiary/aromatic N) is 1. The van der Waals surface area contributed by atoms with Crippen LogP contribution in [0.3, 0.4) is 0 Å². The number of ether oxygens (including phenoxy) is 1. The van der Waals surface area contributed by atoms with Crippen LogP contribution in [-0.2, 0) is 54.3 Å². The molecule has 1 heterocycles. The number of phenols is 1. The van der Waals surface area contributed by atoms with E-state index in [9.17, 15) is 53.4 Å². The first-order valence-corrected chi connectivity index (χ1v) is 24.1. The SMILES string of the molecule is CC[C@H](C)[C@H](NC(=O)[C@H](Cc1ccc(O)cc1)NC(=O)CC1CCCCC1=S)C(=O)N[C@H](C(=O)N[C@@H](CC(N)=O)C(=O)N[C@@H](CS)C(=O)N1CCC[C@H]1C(=O)N[C@@H](CCCN)C(=O)OC)[C@@H](C)O. The second-order valence-electron chi connectivity index (χ2n) is 17.4. The Morgan fingerprint density at radius 2 is 1.47 bits per heavy atom. The number of carbonyl (C=O) groups is 9. The lowest BCUT2D eigenvalue weighted by Crippen LogP contribution is -2.63. The van der Waals surface area contributed by atoms with Crippen LogP contribution in [0.25, 0.3) is 0 Å². The molecule has 1 aliphatic heterocycles. The van der Waals surface area contributed by atoms with Crippen LogP contribution >= 0.6 is 24.8 Å². The number of nitrogens with one attached hydrogen (secondary N) is 6. The van der Waals surface area contributed by atoms with Crippen molar-refractivity contribution in [2.45, 2.75) is 146 Å². The molecule has 1 saturated heterocycles. The number of esters is 1. The van der Waals surface area contributed by atoms with Crippen molar-refractivity contribution in [3.05, 3.63) is 29.8 Å². The molecule has 68 heavy (non-hydrogen) atoms. The molecule has 12 N–H and O–H groups in total. The van der Waals surface area contributed by atoms with Crippen molar-refractivity contribution in [2.24, 2.45) is 23.3 Å². The Hall–Kier alpha value is -5.39. The fourth-order valence-corrected chi connectivity index (χ4v) is 8.64. The molecule has 0 spiro atoms. The van der Waals surface area contributed by atoms with E-state index in [1.165, 1.54) is 31.1 Å². The molecular weight excluding hydrogens is 923 g/mol. The number of hydrogen-bond acceptors (Lipinski definition) is 15. The fourth-order valence-electron chi connectivity index (χ4n) is 8.04. The van der Waals surface area contributed by atoms with Gasteiger partial charge in [0.1, 0.15) is 48.0 Å². The Balaban J connectivity index is 1.78. The number of benzene rings is 1. The molecule has 21 nitrogen and oxygen atoms in total. The summed E-state index contributed by atoms with van der Waals surface area (Å²) >= 11 is 9.75. The van der Waals surface area contributed by atoms with Gasteiger partial charge in [0.05, 0.1) is 19.6 Å². The molecule has 1 aliphatic carbocycles. The van der Waals surface area contributed by atoms with E-state index in [0.717, 1.165) is 30.5 Å². The average molecular weight is 992 g/mol. The monoisotopic (exact) mass is 991 g/mol. The molecule has 1 saturated carbocycles. The molecule has 378 valence electrons. The summed E-state index contributed by atoms with van der Waals surface area (Å²) in [7, 11) is 1.17. The molecule has 23 heteroatoms. The molecule has 0 radical (unpaired) electrons. The third-order valence-corrected chi connectivity index (χ3v) is 13.1. The summed E-state index contributed by atoms with van der Waals surface area (Å²) in [6.07, 6.45) is 2.69. The van der Waals surface area contributed by atoms with Gasteiger partial charge >= 0.3 is 5.97 Å². The summed E-state index contributed by atoms with van der Waals surface area (Å²) in [5.74, 6) is -8.22. The number of thiol groups is 1. The standard InChI is InChI=1S/C45H69N9O12S2/c1-5-24(2)37(52-40(60)30(20-26-14-16-28(56)17-15-26)48-36(58)21-27-10-6-7-13-34(27)68)42(62)53-38(25(3)55)43(63)50-31(22-35(47)57)39(59)51-32(23-67)44(64)54-19-9-12-33(54)41(61)49-29(11-8-18-46)45(65)66-4/h14-17,24-25,27,29-33,37-38,55-56,67H,5-13,18-23,46H2,1-4H3,(H2,47,57)(H,48,58)(H,49,61)(H,50,63)(H,51,59)(H,52,60)(H,53,62)/t24-,25+,27?,29-,30-,31-,32-,33-,37-,38-/m0/s1. The normalized spacial score (nSPS) is 19.3. The van der Waals surface area contributed by atoms with Crippen molar-refractivity contribution in [3.8, 4) is 5.75 Å². The van der Waals surface area contributed by atoms with Crippen LogP contribution in [0.5, 0.6) is 5.75 Å². The van der Waals surface area contributed by atoms with Gasteiger partial charge in [-0.15, -0.1) is 0 Å². The summed E-state index contributed by atoms with van der Waals surface area (Å²) < 4.78 is 4.80. The highest BCUT2D eigenvalue weighted by Crippen LogP contribution is 2.25. The highest BCUT2D eigenvalue weighted by Gasteiger charge is 2.40. The molecule has 1 aromatic carbocycles. The Kier molecular flexibility index (Phi) is 23.6. The molecule has 10 atom stereocenters. The van der Waals surface area contributed by atoms with E-state index in [2.05, 4.69) is 44.5 Å². The number of phenolic OH excluding ortho intramolecular Hbond substituents is 1. The van der Waals surface area contributed by atoms with Crippen molar-refractivity contribution in [2.75, 3.05) is 26.0 Å². The van der Waals surface area contributed by atoms with Gasteiger partial charge in [0, 0.05) is 25.1 Å².